The van der Waals surface area contributed by atoms with Crippen LogP contribution in [0.4, 0.5) is 0 Å². The molecular weight excluding hydrogens is 169 g/mol. The molecule has 0 unspecified atom stereocenters. The van der Waals surface area contributed by atoms with Crippen LogP contribution in [0.25, 0.3) is 0 Å². The molecule has 0 radical (unpaired) electrons. The van der Waals surface area contributed by atoms with Crippen molar-refractivity contribution in [2.75, 3.05) is 0 Å². The van der Waals surface area contributed by atoms with E-state index in [0.29, 0.717) is 17.9 Å². The van der Waals surface area contributed by atoms with Gasteiger partial charge >= 0.3 is 88.2 Å². The second-order valence-electron chi connectivity index (χ2n) is 4.97. The molecule has 0 aliphatic carbocycles. The normalized spacial score (nSPS) is 11.8. The van der Waals surface area contributed by atoms with Crippen LogP contribution in [-0.2, 0) is 0 Å². The van der Waals surface area contributed by atoms with Gasteiger partial charge in [0.2, 0.25) is 0 Å². The summed E-state index contributed by atoms with van der Waals surface area (Å²) in [5, 5.41) is 0. The van der Waals surface area contributed by atoms with Gasteiger partial charge in [-0.05, 0) is 0 Å². The van der Waals surface area contributed by atoms with E-state index in [9.17, 15) is 0 Å². The quantitative estimate of drug-likeness (QED) is 0.687. The minimum atomic E-state index is 0.569. The standard InChI is InChI=1S/C12H22BN/c1-8(2)11-7-13-14(10(5)6)12(11)9(3)4/h7-10H,1-6H3. The Bertz CT molecular complexity index is 272. The molecule has 0 atom stereocenters. The number of hydrogen-bond donors (Lipinski definition) is 0. The van der Waals surface area contributed by atoms with Crippen molar-refractivity contribution in [1.29, 1.82) is 0 Å². The Hall–Kier alpha value is -0.525. The van der Waals surface area contributed by atoms with E-state index in [2.05, 4.69) is 59.0 Å². The van der Waals surface area contributed by atoms with Gasteiger partial charge in [0.25, 0.3) is 0 Å². The molecule has 0 aliphatic heterocycles. The number of nitrogens with zero attached hydrogens (tertiary/aromatic N) is 1. The SMILES string of the molecule is CC(C)c1cbn(C(C)C)c1C(C)C. The first-order valence-corrected chi connectivity index (χ1v) is 5.65. The van der Waals surface area contributed by atoms with Crippen LogP contribution in [0.5, 0.6) is 0 Å². The number of aromatic nitrogens is 1. The monoisotopic (exact) mass is 191 g/mol. The third-order valence-corrected chi connectivity index (χ3v) is 2.71. The van der Waals surface area contributed by atoms with Crippen LogP contribution in [0.2, 0.25) is 0 Å². The van der Waals surface area contributed by atoms with E-state index in [-0.39, 0.29) is 0 Å². The van der Waals surface area contributed by atoms with E-state index >= 15 is 0 Å². The molecule has 1 aromatic rings. The fourth-order valence-electron chi connectivity index (χ4n) is 2.05. The summed E-state index contributed by atoms with van der Waals surface area (Å²) >= 11 is 0. The molecule has 0 amide bonds. The van der Waals surface area contributed by atoms with E-state index in [4.69, 9.17) is 0 Å². The molecule has 0 fully saturated rings. The van der Waals surface area contributed by atoms with Gasteiger partial charge in [-0.3, -0.25) is 0 Å². The molecule has 0 aliphatic rings. The molecule has 2 heteroatoms. The first kappa shape index (κ1) is 11.5. The summed E-state index contributed by atoms with van der Waals surface area (Å²) in [4.78, 5) is 0. The first-order chi connectivity index (χ1) is 6.45. The van der Waals surface area contributed by atoms with Crippen molar-refractivity contribution in [1.82, 2.24) is 4.47 Å². The zero-order chi connectivity index (χ0) is 10.9. The molecule has 0 bridgehead atoms. The maximum atomic E-state index is 2.40. The van der Waals surface area contributed by atoms with Crippen LogP contribution >= 0.6 is 0 Å². The summed E-state index contributed by atoms with van der Waals surface area (Å²) in [6.07, 6.45) is 0. The Labute approximate surface area is 88.8 Å². The predicted molar refractivity (Wildman–Crippen MR) is 64.3 cm³/mol. The van der Waals surface area contributed by atoms with Crippen molar-refractivity contribution in [2.24, 2.45) is 0 Å². The third-order valence-electron chi connectivity index (χ3n) is 2.71. The molecule has 0 aromatic carbocycles. The molecular formula is C12H22BN. The van der Waals surface area contributed by atoms with Crippen molar-refractivity contribution < 1.29 is 0 Å². The van der Waals surface area contributed by atoms with Gasteiger partial charge in [-0.2, -0.15) is 0 Å². The van der Waals surface area contributed by atoms with Gasteiger partial charge in [-0.1, -0.05) is 0 Å². The summed E-state index contributed by atoms with van der Waals surface area (Å²) in [7, 11) is 2.23. The van der Waals surface area contributed by atoms with Gasteiger partial charge in [0.1, 0.15) is 0 Å². The van der Waals surface area contributed by atoms with Crippen LogP contribution < -0.4 is 0 Å². The van der Waals surface area contributed by atoms with Crippen LogP contribution in [-0.4, -0.2) is 11.5 Å². The van der Waals surface area contributed by atoms with Gasteiger partial charge in [0, 0.05) is 0 Å². The summed E-state index contributed by atoms with van der Waals surface area (Å²) in [6.45, 7) is 13.6. The van der Waals surface area contributed by atoms with E-state index < -0.39 is 0 Å². The minimum absolute atomic E-state index is 0.569. The Balaban J connectivity index is 3.20. The van der Waals surface area contributed by atoms with Gasteiger partial charge < -0.3 is 0 Å². The second kappa shape index (κ2) is 4.33. The van der Waals surface area contributed by atoms with Crippen molar-refractivity contribution in [2.45, 2.75) is 59.4 Å². The first-order valence-electron chi connectivity index (χ1n) is 5.65. The van der Waals surface area contributed by atoms with Crippen LogP contribution in [0.1, 0.15) is 70.7 Å². The number of rotatable bonds is 3. The zero-order valence-corrected chi connectivity index (χ0v) is 10.3. The summed E-state index contributed by atoms with van der Waals surface area (Å²) in [6, 6.07) is 0.569. The molecule has 78 valence electrons. The zero-order valence-electron chi connectivity index (χ0n) is 10.3. The van der Waals surface area contributed by atoms with Crippen molar-refractivity contribution in [3.63, 3.8) is 0 Å². The molecule has 0 spiro atoms. The average molecular weight is 191 g/mol. The maximum absolute atomic E-state index is 2.40. The topological polar surface area (TPSA) is 4.93 Å². The fraction of sp³-hybridized carbons (Fsp3) is 0.750. The van der Waals surface area contributed by atoms with Gasteiger partial charge in [0.05, 0.1) is 0 Å². The van der Waals surface area contributed by atoms with Crippen LogP contribution in [0.15, 0.2) is 5.96 Å². The van der Waals surface area contributed by atoms with Gasteiger partial charge in [-0.25, -0.2) is 0 Å². The molecule has 1 rings (SSSR count). The number of hydrogen-bond acceptors (Lipinski definition) is 0. The van der Waals surface area contributed by atoms with Crippen LogP contribution in [0, 0.1) is 0 Å². The molecule has 1 heterocycles. The Morgan fingerprint density at radius 1 is 1.00 bits per heavy atom. The molecule has 0 saturated carbocycles. The van der Waals surface area contributed by atoms with Crippen LogP contribution in [0.3, 0.4) is 0 Å². The molecule has 1 nitrogen and oxygen atoms in total. The molecule has 14 heavy (non-hydrogen) atoms. The molecule has 1 aromatic heterocycles. The Morgan fingerprint density at radius 3 is 1.93 bits per heavy atom. The molecule has 0 N–H and O–H groups in total. The van der Waals surface area contributed by atoms with Crippen molar-refractivity contribution >= 4 is 7.05 Å². The van der Waals surface area contributed by atoms with E-state index in [1.807, 2.05) is 0 Å². The summed E-state index contributed by atoms with van der Waals surface area (Å²) < 4.78 is 2.40. The van der Waals surface area contributed by atoms with E-state index in [1.54, 1.807) is 0 Å². The predicted octanol–water partition coefficient (Wildman–Crippen LogP) is 3.65. The summed E-state index contributed by atoms with van der Waals surface area (Å²) in [5.41, 5.74) is 3.02. The second-order valence-corrected chi connectivity index (χ2v) is 4.97. The Kier molecular flexibility index (Phi) is 3.57. The van der Waals surface area contributed by atoms with Gasteiger partial charge in [-0.15, -0.1) is 0 Å². The Morgan fingerprint density at radius 2 is 1.57 bits per heavy atom. The van der Waals surface area contributed by atoms with Crippen molar-refractivity contribution in [3.05, 3.63) is 17.2 Å². The third kappa shape index (κ3) is 2.10. The fourth-order valence-corrected chi connectivity index (χ4v) is 2.05. The average Bonchev–Trinajstić information content (AvgIpc) is 2.46. The van der Waals surface area contributed by atoms with E-state index in [0.717, 1.165) is 0 Å². The summed E-state index contributed by atoms with van der Waals surface area (Å²) in [5.74, 6) is 3.53. The van der Waals surface area contributed by atoms with Gasteiger partial charge in [0.15, 0.2) is 0 Å². The van der Waals surface area contributed by atoms with E-state index in [1.165, 1.54) is 11.3 Å². The van der Waals surface area contributed by atoms with Crippen molar-refractivity contribution in [3.8, 4) is 0 Å². The molecule has 0 saturated heterocycles.